The van der Waals surface area contributed by atoms with Crippen molar-refractivity contribution in [2.75, 3.05) is 13.1 Å². The lowest BCUT2D eigenvalue weighted by atomic mass is 10.2. The lowest BCUT2D eigenvalue weighted by Crippen LogP contribution is -2.44. The summed E-state index contributed by atoms with van der Waals surface area (Å²) in [6.07, 6.45) is 3.25. The Labute approximate surface area is 117 Å². The molecule has 0 spiro atoms. The Morgan fingerprint density at radius 2 is 1.89 bits per heavy atom. The topological polar surface area (TPSA) is 49.4 Å². The molecule has 0 unspecified atom stereocenters. The van der Waals surface area contributed by atoms with Crippen molar-refractivity contribution in [2.24, 2.45) is 0 Å². The van der Waals surface area contributed by atoms with Crippen molar-refractivity contribution in [1.82, 2.24) is 9.84 Å². The van der Waals surface area contributed by atoms with Crippen LogP contribution in [0.3, 0.4) is 0 Å². The zero-order valence-corrected chi connectivity index (χ0v) is 12.7. The monoisotopic (exact) mass is 332 g/mol. The van der Waals surface area contributed by atoms with Crippen molar-refractivity contribution < 1.29 is 8.42 Å². The first kappa shape index (κ1) is 14.0. The minimum absolute atomic E-state index is 0.290. The molecule has 0 aromatic heterocycles. The molecule has 1 aromatic carbocycles. The molecule has 1 N–H and O–H groups in total. The lowest BCUT2D eigenvalue weighted by Gasteiger charge is -2.26. The van der Waals surface area contributed by atoms with Crippen LogP contribution in [0, 0.1) is 6.92 Å². The third kappa shape index (κ3) is 3.32. The SMILES string of the molecule is Cc1ccc(S(=O)(=O)NN2CCCCC2)c(Br)c1. The second-order valence-corrected chi connectivity index (χ2v) is 7.06. The third-order valence-corrected chi connectivity index (χ3v) is 5.33. The van der Waals surface area contributed by atoms with Crippen LogP contribution in [-0.2, 0) is 10.0 Å². The van der Waals surface area contributed by atoms with Gasteiger partial charge < -0.3 is 0 Å². The van der Waals surface area contributed by atoms with Gasteiger partial charge in [-0.25, -0.2) is 13.4 Å². The maximum absolute atomic E-state index is 12.2. The Morgan fingerprint density at radius 1 is 1.22 bits per heavy atom. The zero-order valence-electron chi connectivity index (χ0n) is 10.3. The second-order valence-electron chi connectivity index (χ2n) is 4.58. The molecule has 6 heteroatoms. The van der Waals surface area contributed by atoms with Crippen LogP contribution in [0.1, 0.15) is 24.8 Å². The van der Waals surface area contributed by atoms with Crippen molar-refractivity contribution in [2.45, 2.75) is 31.1 Å². The van der Waals surface area contributed by atoms with Gasteiger partial charge in [-0.3, -0.25) is 0 Å². The van der Waals surface area contributed by atoms with Crippen molar-refractivity contribution >= 4 is 26.0 Å². The molecule has 1 saturated heterocycles. The van der Waals surface area contributed by atoms with Crippen molar-refractivity contribution in [3.63, 3.8) is 0 Å². The van der Waals surface area contributed by atoms with E-state index in [9.17, 15) is 8.42 Å². The average molecular weight is 333 g/mol. The van der Waals surface area contributed by atoms with Crippen molar-refractivity contribution in [3.05, 3.63) is 28.2 Å². The highest BCUT2D eigenvalue weighted by molar-refractivity contribution is 9.10. The van der Waals surface area contributed by atoms with Crippen molar-refractivity contribution in [1.29, 1.82) is 0 Å². The van der Waals surface area contributed by atoms with Gasteiger partial charge in [0.2, 0.25) is 0 Å². The fourth-order valence-corrected chi connectivity index (χ4v) is 4.34. The van der Waals surface area contributed by atoms with Crippen molar-refractivity contribution in [3.8, 4) is 0 Å². The van der Waals surface area contributed by atoms with Crippen LogP contribution < -0.4 is 4.83 Å². The first-order chi connectivity index (χ1) is 8.49. The Kier molecular flexibility index (Phi) is 4.42. The molecule has 1 aromatic rings. The number of hydrogen-bond donors (Lipinski definition) is 1. The minimum Gasteiger partial charge on any atom is -0.230 e. The summed E-state index contributed by atoms with van der Waals surface area (Å²) in [6, 6.07) is 5.24. The fraction of sp³-hybridized carbons (Fsp3) is 0.500. The van der Waals surface area contributed by atoms with E-state index < -0.39 is 10.0 Å². The Morgan fingerprint density at radius 3 is 2.50 bits per heavy atom. The molecule has 100 valence electrons. The van der Waals surface area contributed by atoms with Crippen LogP contribution in [0.25, 0.3) is 0 Å². The smallest absolute Gasteiger partial charge is 0.230 e. The number of aryl methyl sites for hydroxylation is 1. The number of hydrogen-bond acceptors (Lipinski definition) is 3. The Bertz CT molecular complexity index is 525. The Balaban J connectivity index is 2.19. The third-order valence-electron chi connectivity index (χ3n) is 2.98. The largest absolute Gasteiger partial charge is 0.254 e. The maximum atomic E-state index is 12.2. The molecule has 0 atom stereocenters. The second kappa shape index (κ2) is 5.69. The Hall–Kier alpha value is -0.430. The predicted octanol–water partition coefficient (Wildman–Crippen LogP) is 2.44. The summed E-state index contributed by atoms with van der Waals surface area (Å²) in [5.41, 5.74) is 1.03. The van der Waals surface area contributed by atoms with Gasteiger partial charge in [-0.05, 0) is 53.4 Å². The van der Waals surface area contributed by atoms with E-state index in [1.54, 1.807) is 17.1 Å². The molecule has 0 aliphatic carbocycles. The molecule has 1 aliphatic heterocycles. The number of halogens is 1. The molecule has 0 radical (unpaired) electrons. The minimum atomic E-state index is -3.48. The molecule has 1 heterocycles. The quantitative estimate of drug-likeness (QED) is 0.924. The van der Waals surface area contributed by atoms with Gasteiger partial charge in [0.15, 0.2) is 0 Å². The summed E-state index contributed by atoms with van der Waals surface area (Å²) in [7, 11) is -3.48. The summed E-state index contributed by atoms with van der Waals surface area (Å²) in [4.78, 5) is 2.94. The van der Waals surface area contributed by atoms with Gasteiger partial charge in [0, 0.05) is 17.6 Å². The fourth-order valence-electron chi connectivity index (χ4n) is 2.03. The van der Waals surface area contributed by atoms with E-state index in [4.69, 9.17) is 0 Å². The molecule has 2 rings (SSSR count). The number of sulfonamides is 1. The van der Waals surface area contributed by atoms with E-state index in [0.29, 0.717) is 9.37 Å². The molecule has 1 aliphatic rings. The highest BCUT2D eigenvalue weighted by atomic mass is 79.9. The van der Waals surface area contributed by atoms with E-state index in [0.717, 1.165) is 31.5 Å². The van der Waals surface area contributed by atoms with Crippen LogP contribution in [0.15, 0.2) is 27.6 Å². The van der Waals surface area contributed by atoms with Crippen LogP contribution >= 0.6 is 15.9 Å². The standard InChI is InChI=1S/C12H17BrN2O2S/c1-10-5-6-12(11(13)9-10)18(16,17)14-15-7-3-2-4-8-15/h5-6,9,14H,2-4,7-8H2,1H3. The van der Waals surface area contributed by atoms with Gasteiger partial charge in [-0.2, -0.15) is 0 Å². The summed E-state index contributed by atoms with van der Waals surface area (Å²) < 4.78 is 25.1. The number of hydrazine groups is 1. The van der Waals surface area contributed by atoms with E-state index in [1.165, 1.54) is 6.42 Å². The molecular formula is C12H17BrN2O2S. The first-order valence-corrected chi connectivity index (χ1v) is 8.30. The molecule has 1 fully saturated rings. The van der Waals surface area contributed by atoms with Gasteiger partial charge in [0.05, 0.1) is 4.90 Å². The van der Waals surface area contributed by atoms with Gasteiger partial charge >= 0.3 is 0 Å². The number of benzene rings is 1. The van der Waals surface area contributed by atoms with Crippen LogP contribution in [-0.4, -0.2) is 26.5 Å². The highest BCUT2D eigenvalue weighted by Gasteiger charge is 2.21. The molecule has 0 saturated carbocycles. The van der Waals surface area contributed by atoms with Gasteiger partial charge in [0.25, 0.3) is 10.0 Å². The zero-order chi connectivity index (χ0) is 13.2. The first-order valence-electron chi connectivity index (χ1n) is 6.02. The van der Waals surface area contributed by atoms with Crippen LogP contribution in [0.2, 0.25) is 0 Å². The maximum Gasteiger partial charge on any atom is 0.254 e. The summed E-state index contributed by atoms with van der Waals surface area (Å²) >= 11 is 3.31. The number of rotatable bonds is 3. The van der Waals surface area contributed by atoms with E-state index in [1.807, 2.05) is 13.0 Å². The molecular weight excluding hydrogens is 316 g/mol. The number of piperidine rings is 1. The van der Waals surface area contributed by atoms with E-state index in [2.05, 4.69) is 20.8 Å². The summed E-state index contributed by atoms with van der Waals surface area (Å²) in [6.45, 7) is 3.49. The summed E-state index contributed by atoms with van der Waals surface area (Å²) in [5.74, 6) is 0. The van der Waals surface area contributed by atoms with E-state index in [-0.39, 0.29) is 0 Å². The highest BCUT2D eigenvalue weighted by Crippen LogP contribution is 2.23. The molecule has 4 nitrogen and oxygen atoms in total. The number of nitrogens with zero attached hydrogens (tertiary/aromatic N) is 1. The number of nitrogens with one attached hydrogen (secondary N) is 1. The normalized spacial score (nSPS) is 17.9. The van der Waals surface area contributed by atoms with Crippen LogP contribution in [0.4, 0.5) is 0 Å². The van der Waals surface area contributed by atoms with E-state index >= 15 is 0 Å². The molecule has 0 bridgehead atoms. The molecule has 0 amide bonds. The summed E-state index contributed by atoms with van der Waals surface area (Å²) in [5, 5.41) is 1.78. The van der Waals surface area contributed by atoms with Gasteiger partial charge in [-0.15, -0.1) is 4.83 Å². The van der Waals surface area contributed by atoms with Gasteiger partial charge in [0.1, 0.15) is 0 Å². The van der Waals surface area contributed by atoms with Gasteiger partial charge in [-0.1, -0.05) is 12.5 Å². The predicted molar refractivity (Wildman–Crippen MR) is 74.6 cm³/mol. The lowest BCUT2D eigenvalue weighted by molar-refractivity contribution is 0.200. The molecule has 18 heavy (non-hydrogen) atoms. The van der Waals surface area contributed by atoms with Crippen LogP contribution in [0.5, 0.6) is 0 Å². The average Bonchev–Trinajstić information content (AvgIpc) is 2.29.